The summed E-state index contributed by atoms with van der Waals surface area (Å²) in [4.78, 5) is 11.4. The second-order valence-electron chi connectivity index (χ2n) is 7.27. The topological polar surface area (TPSA) is 95.8 Å². The zero-order valence-corrected chi connectivity index (χ0v) is 16.4. The number of aromatic nitrogens is 5. The van der Waals surface area contributed by atoms with Gasteiger partial charge in [-0.1, -0.05) is 5.16 Å². The van der Waals surface area contributed by atoms with Gasteiger partial charge in [0.1, 0.15) is 5.82 Å². The maximum absolute atomic E-state index is 5.43. The summed E-state index contributed by atoms with van der Waals surface area (Å²) >= 11 is 0. The standard InChI is InChI=1S/C19H23N7O.ClH/c1-2-8-26(9-3-1)17-5-4-14(12-21-17)18-22-19(27-25-18)16-10-15(23-24-16)13-6-7-20-11-13;/h4-5,10,12-13,20H,1-3,6-9,11H2,(H,23,24);1H. The first-order valence-corrected chi connectivity index (χ1v) is 9.68. The van der Waals surface area contributed by atoms with Gasteiger partial charge in [0.05, 0.1) is 0 Å². The molecule has 0 radical (unpaired) electrons. The molecule has 2 saturated heterocycles. The van der Waals surface area contributed by atoms with Crippen LogP contribution in [0.3, 0.4) is 0 Å². The van der Waals surface area contributed by atoms with Crippen molar-refractivity contribution in [2.45, 2.75) is 31.6 Å². The lowest BCUT2D eigenvalue weighted by Gasteiger charge is -2.27. The summed E-state index contributed by atoms with van der Waals surface area (Å²) in [6.07, 6.45) is 6.72. The van der Waals surface area contributed by atoms with Gasteiger partial charge in [0.2, 0.25) is 5.82 Å². The average molecular weight is 402 g/mol. The Balaban J connectivity index is 0.00000192. The monoisotopic (exact) mass is 401 g/mol. The number of hydrogen-bond acceptors (Lipinski definition) is 7. The second-order valence-corrected chi connectivity index (χ2v) is 7.27. The summed E-state index contributed by atoms with van der Waals surface area (Å²) in [5.41, 5.74) is 2.65. The first-order valence-electron chi connectivity index (χ1n) is 9.68. The van der Waals surface area contributed by atoms with Crippen LogP contribution in [0.2, 0.25) is 0 Å². The Bertz CT molecular complexity index is 895. The molecule has 0 aromatic carbocycles. The molecule has 2 aliphatic heterocycles. The molecule has 8 nitrogen and oxygen atoms in total. The summed E-state index contributed by atoms with van der Waals surface area (Å²) in [7, 11) is 0. The van der Waals surface area contributed by atoms with E-state index in [-0.39, 0.29) is 12.4 Å². The predicted octanol–water partition coefficient (Wildman–Crippen LogP) is 3.01. The Hall–Kier alpha value is -2.45. The van der Waals surface area contributed by atoms with Crippen LogP contribution in [-0.4, -0.2) is 51.5 Å². The molecule has 1 atom stereocenters. The van der Waals surface area contributed by atoms with Crippen molar-refractivity contribution < 1.29 is 4.52 Å². The Labute approximate surface area is 169 Å². The minimum atomic E-state index is 0. The molecule has 2 aliphatic rings. The fourth-order valence-corrected chi connectivity index (χ4v) is 3.85. The van der Waals surface area contributed by atoms with E-state index < -0.39 is 0 Å². The van der Waals surface area contributed by atoms with Gasteiger partial charge in [0.25, 0.3) is 5.89 Å². The first kappa shape index (κ1) is 18.9. The van der Waals surface area contributed by atoms with Gasteiger partial charge < -0.3 is 14.7 Å². The quantitative estimate of drug-likeness (QED) is 0.693. The van der Waals surface area contributed by atoms with E-state index in [1.54, 1.807) is 0 Å². The van der Waals surface area contributed by atoms with Crippen molar-refractivity contribution in [3.05, 3.63) is 30.1 Å². The number of nitrogens with one attached hydrogen (secondary N) is 2. The van der Waals surface area contributed by atoms with E-state index in [0.29, 0.717) is 23.3 Å². The lowest BCUT2D eigenvalue weighted by atomic mass is 10.1. The van der Waals surface area contributed by atoms with Crippen LogP contribution >= 0.6 is 12.4 Å². The minimum absolute atomic E-state index is 0. The lowest BCUT2D eigenvalue weighted by molar-refractivity contribution is 0.431. The number of anilines is 1. The molecule has 5 rings (SSSR count). The molecular weight excluding hydrogens is 378 g/mol. The molecule has 0 spiro atoms. The minimum Gasteiger partial charge on any atom is -0.357 e. The highest BCUT2D eigenvalue weighted by atomic mass is 35.5. The molecule has 5 heterocycles. The normalized spacial score (nSPS) is 19.6. The van der Waals surface area contributed by atoms with Crippen molar-refractivity contribution in [1.82, 2.24) is 30.6 Å². The summed E-state index contributed by atoms with van der Waals surface area (Å²) in [6, 6.07) is 6.05. The molecule has 28 heavy (non-hydrogen) atoms. The molecule has 2 fully saturated rings. The first-order chi connectivity index (χ1) is 13.4. The highest BCUT2D eigenvalue weighted by Crippen LogP contribution is 2.26. The smallest absolute Gasteiger partial charge is 0.278 e. The van der Waals surface area contributed by atoms with Crippen LogP contribution in [0.25, 0.3) is 23.0 Å². The van der Waals surface area contributed by atoms with Crippen molar-refractivity contribution in [2.24, 2.45) is 0 Å². The van der Waals surface area contributed by atoms with Gasteiger partial charge in [-0.3, -0.25) is 5.10 Å². The largest absolute Gasteiger partial charge is 0.357 e. The van der Waals surface area contributed by atoms with E-state index >= 15 is 0 Å². The van der Waals surface area contributed by atoms with Crippen LogP contribution in [0.15, 0.2) is 28.9 Å². The van der Waals surface area contributed by atoms with Crippen molar-refractivity contribution in [3.63, 3.8) is 0 Å². The number of H-pyrrole nitrogens is 1. The van der Waals surface area contributed by atoms with Crippen LogP contribution in [0, 0.1) is 0 Å². The van der Waals surface area contributed by atoms with Crippen LogP contribution in [0.5, 0.6) is 0 Å². The fraction of sp³-hybridized carbons (Fsp3) is 0.474. The third-order valence-electron chi connectivity index (χ3n) is 5.43. The number of nitrogens with zero attached hydrogens (tertiary/aromatic N) is 5. The van der Waals surface area contributed by atoms with Crippen molar-refractivity contribution in [3.8, 4) is 23.0 Å². The van der Waals surface area contributed by atoms with Crippen molar-refractivity contribution in [1.29, 1.82) is 0 Å². The number of pyridine rings is 1. The van der Waals surface area contributed by atoms with Gasteiger partial charge in [-0.05, 0) is 50.4 Å². The van der Waals surface area contributed by atoms with Crippen LogP contribution < -0.4 is 10.2 Å². The molecule has 0 saturated carbocycles. The Morgan fingerprint density at radius 2 is 2.04 bits per heavy atom. The summed E-state index contributed by atoms with van der Waals surface area (Å²) in [6.45, 7) is 4.18. The van der Waals surface area contributed by atoms with Gasteiger partial charge in [-0.15, -0.1) is 12.4 Å². The summed E-state index contributed by atoms with van der Waals surface area (Å²) in [5, 5.41) is 14.9. The third-order valence-corrected chi connectivity index (χ3v) is 5.43. The van der Waals surface area contributed by atoms with E-state index in [4.69, 9.17) is 4.52 Å². The van der Waals surface area contributed by atoms with E-state index in [0.717, 1.165) is 49.7 Å². The highest BCUT2D eigenvalue weighted by Gasteiger charge is 2.21. The van der Waals surface area contributed by atoms with Crippen molar-refractivity contribution in [2.75, 3.05) is 31.1 Å². The maximum Gasteiger partial charge on any atom is 0.278 e. The molecule has 3 aromatic rings. The Morgan fingerprint density at radius 3 is 2.79 bits per heavy atom. The second kappa shape index (κ2) is 8.28. The van der Waals surface area contributed by atoms with E-state index in [2.05, 4.69) is 35.5 Å². The highest BCUT2D eigenvalue weighted by molar-refractivity contribution is 5.85. The molecule has 3 aromatic heterocycles. The number of rotatable bonds is 4. The average Bonchev–Trinajstić information content (AvgIpc) is 3.49. The van der Waals surface area contributed by atoms with Crippen LogP contribution in [0.4, 0.5) is 5.82 Å². The number of hydrogen-bond donors (Lipinski definition) is 2. The summed E-state index contributed by atoms with van der Waals surface area (Å²) in [5.74, 6) is 2.46. The molecular formula is C19H24ClN7O. The lowest BCUT2D eigenvalue weighted by Crippen LogP contribution is -2.29. The van der Waals surface area contributed by atoms with Gasteiger partial charge in [0, 0.05) is 43.0 Å². The molecule has 2 N–H and O–H groups in total. The number of aromatic amines is 1. The van der Waals surface area contributed by atoms with E-state index in [1.165, 1.54) is 19.3 Å². The summed E-state index contributed by atoms with van der Waals surface area (Å²) < 4.78 is 5.43. The number of halogens is 1. The van der Waals surface area contributed by atoms with Gasteiger partial charge >= 0.3 is 0 Å². The molecule has 0 aliphatic carbocycles. The Kier molecular flexibility index (Phi) is 5.59. The van der Waals surface area contributed by atoms with Gasteiger partial charge in [-0.2, -0.15) is 10.1 Å². The maximum atomic E-state index is 5.43. The van der Waals surface area contributed by atoms with Crippen LogP contribution in [0.1, 0.15) is 37.3 Å². The van der Waals surface area contributed by atoms with E-state index in [1.807, 2.05) is 24.4 Å². The fourth-order valence-electron chi connectivity index (χ4n) is 3.85. The van der Waals surface area contributed by atoms with Gasteiger partial charge in [0.15, 0.2) is 5.69 Å². The predicted molar refractivity (Wildman–Crippen MR) is 109 cm³/mol. The van der Waals surface area contributed by atoms with Crippen LogP contribution in [-0.2, 0) is 0 Å². The van der Waals surface area contributed by atoms with Gasteiger partial charge in [-0.25, -0.2) is 4.98 Å². The molecule has 0 bridgehead atoms. The zero-order valence-electron chi connectivity index (χ0n) is 15.6. The van der Waals surface area contributed by atoms with E-state index in [9.17, 15) is 0 Å². The molecule has 9 heteroatoms. The molecule has 1 unspecified atom stereocenters. The third kappa shape index (κ3) is 3.74. The number of piperidine rings is 1. The zero-order chi connectivity index (χ0) is 18.1. The molecule has 148 valence electrons. The SMILES string of the molecule is Cl.c1cc(N2CCCCC2)ncc1-c1noc(-c2cc(C3CCNC3)[nH]n2)n1. The molecule has 0 amide bonds. The Morgan fingerprint density at radius 1 is 1.14 bits per heavy atom. The van der Waals surface area contributed by atoms with Crippen molar-refractivity contribution >= 4 is 18.2 Å².